The van der Waals surface area contributed by atoms with Crippen molar-refractivity contribution < 1.29 is 4.79 Å². The Morgan fingerprint density at radius 1 is 1.30 bits per heavy atom. The van der Waals surface area contributed by atoms with Crippen LogP contribution in [0.2, 0.25) is 0 Å². The van der Waals surface area contributed by atoms with Gasteiger partial charge in [0.05, 0.1) is 17.6 Å². The second-order valence-electron chi connectivity index (χ2n) is 4.42. The van der Waals surface area contributed by atoms with Crippen LogP contribution in [0.15, 0.2) is 49.1 Å². The molecule has 0 aliphatic rings. The molecule has 1 amide bonds. The lowest BCUT2D eigenvalue weighted by atomic mass is 10.1. The van der Waals surface area contributed by atoms with Gasteiger partial charge in [-0.1, -0.05) is 12.1 Å². The highest BCUT2D eigenvalue weighted by atomic mass is 16.2. The molecule has 6 nitrogen and oxygen atoms in total. The van der Waals surface area contributed by atoms with E-state index in [0.717, 1.165) is 16.5 Å². The number of hydrogen-bond acceptors (Lipinski definition) is 4. The minimum atomic E-state index is -0.163. The summed E-state index contributed by atoms with van der Waals surface area (Å²) in [6.45, 7) is 0.119. The van der Waals surface area contributed by atoms with Crippen LogP contribution in [-0.4, -0.2) is 20.7 Å². The summed E-state index contributed by atoms with van der Waals surface area (Å²) in [5.41, 5.74) is 6.83. The van der Waals surface area contributed by atoms with E-state index >= 15 is 0 Å². The third-order valence-corrected chi connectivity index (χ3v) is 2.92. The molecule has 1 aromatic carbocycles. The number of fused-ring (bicyclic) bond motifs is 1. The van der Waals surface area contributed by atoms with Gasteiger partial charge in [0.1, 0.15) is 6.54 Å². The van der Waals surface area contributed by atoms with Crippen molar-refractivity contribution in [2.45, 2.75) is 6.54 Å². The number of benzene rings is 1. The molecule has 0 unspecified atom stereocenters. The van der Waals surface area contributed by atoms with E-state index in [-0.39, 0.29) is 12.5 Å². The number of nitrogens with one attached hydrogen (secondary N) is 1. The molecular formula is C14H13N5O. The summed E-state index contributed by atoms with van der Waals surface area (Å²) in [6.07, 6.45) is 6.58. The number of nitrogens with two attached hydrogens (primary N) is 1. The fourth-order valence-electron chi connectivity index (χ4n) is 2.03. The van der Waals surface area contributed by atoms with Gasteiger partial charge < -0.3 is 11.1 Å². The summed E-state index contributed by atoms with van der Waals surface area (Å²) in [4.78, 5) is 16.1. The third-order valence-electron chi connectivity index (χ3n) is 2.92. The number of carbonyl (C=O) groups is 1. The van der Waals surface area contributed by atoms with Gasteiger partial charge in [-0.3, -0.25) is 14.5 Å². The van der Waals surface area contributed by atoms with Gasteiger partial charge in [-0.2, -0.15) is 5.10 Å². The molecule has 2 aromatic heterocycles. The highest BCUT2D eigenvalue weighted by Gasteiger charge is 2.07. The topological polar surface area (TPSA) is 85.8 Å². The van der Waals surface area contributed by atoms with Crippen molar-refractivity contribution in [1.82, 2.24) is 14.8 Å². The molecule has 0 saturated carbocycles. The monoisotopic (exact) mass is 267 g/mol. The van der Waals surface area contributed by atoms with Crippen LogP contribution in [0.1, 0.15) is 0 Å². The van der Waals surface area contributed by atoms with E-state index in [1.54, 1.807) is 18.6 Å². The Morgan fingerprint density at radius 3 is 3.00 bits per heavy atom. The van der Waals surface area contributed by atoms with Crippen molar-refractivity contribution >= 4 is 28.1 Å². The summed E-state index contributed by atoms with van der Waals surface area (Å²) in [5.74, 6) is -0.163. The van der Waals surface area contributed by atoms with Gasteiger partial charge in [0.15, 0.2) is 0 Å². The Hall–Kier alpha value is -2.89. The number of nitrogens with zero attached hydrogens (tertiary/aromatic N) is 3. The fourth-order valence-corrected chi connectivity index (χ4v) is 2.03. The maximum Gasteiger partial charge on any atom is 0.246 e. The Kier molecular flexibility index (Phi) is 3.04. The van der Waals surface area contributed by atoms with E-state index in [2.05, 4.69) is 15.4 Å². The van der Waals surface area contributed by atoms with E-state index in [1.807, 2.05) is 24.3 Å². The molecule has 6 heteroatoms. The van der Waals surface area contributed by atoms with E-state index in [0.29, 0.717) is 5.69 Å². The summed E-state index contributed by atoms with van der Waals surface area (Å²) in [6, 6.07) is 7.61. The molecular weight excluding hydrogens is 254 g/mol. The average molecular weight is 267 g/mol. The lowest BCUT2D eigenvalue weighted by molar-refractivity contribution is -0.116. The summed E-state index contributed by atoms with van der Waals surface area (Å²) in [7, 11) is 0. The zero-order chi connectivity index (χ0) is 13.9. The normalized spacial score (nSPS) is 10.6. The fraction of sp³-hybridized carbons (Fsp3) is 0.0714. The molecule has 2 heterocycles. The van der Waals surface area contributed by atoms with E-state index < -0.39 is 0 Å². The smallest absolute Gasteiger partial charge is 0.246 e. The highest BCUT2D eigenvalue weighted by molar-refractivity contribution is 6.01. The van der Waals surface area contributed by atoms with E-state index in [9.17, 15) is 4.79 Å². The molecule has 0 aliphatic carbocycles. The first-order chi connectivity index (χ1) is 9.72. The number of aromatic nitrogens is 3. The molecule has 0 spiro atoms. The van der Waals surface area contributed by atoms with Crippen LogP contribution >= 0.6 is 0 Å². The van der Waals surface area contributed by atoms with Gasteiger partial charge in [0, 0.05) is 24.0 Å². The zero-order valence-electron chi connectivity index (χ0n) is 10.7. The van der Waals surface area contributed by atoms with Gasteiger partial charge in [-0.05, 0) is 17.5 Å². The van der Waals surface area contributed by atoms with Gasteiger partial charge >= 0.3 is 0 Å². The Bertz CT molecular complexity index is 760. The molecule has 0 radical (unpaired) electrons. The van der Waals surface area contributed by atoms with Crippen molar-refractivity contribution in [2.24, 2.45) is 0 Å². The molecule has 3 N–H and O–H groups in total. The molecule has 100 valence electrons. The van der Waals surface area contributed by atoms with Crippen molar-refractivity contribution in [1.29, 1.82) is 0 Å². The molecule has 0 saturated heterocycles. The quantitative estimate of drug-likeness (QED) is 0.755. The maximum absolute atomic E-state index is 12.0. The van der Waals surface area contributed by atoms with Gasteiger partial charge in [0.25, 0.3) is 0 Å². The molecule has 20 heavy (non-hydrogen) atoms. The molecule has 0 atom stereocenters. The number of anilines is 2. The van der Waals surface area contributed by atoms with Crippen LogP contribution in [0.3, 0.4) is 0 Å². The van der Waals surface area contributed by atoms with Gasteiger partial charge in [0.2, 0.25) is 5.91 Å². The molecule has 3 aromatic rings. The Labute approximate surface area is 115 Å². The molecule has 0 fully saturated rings. The summed E-state index contributed by atoms with van der Waals surface area (Å²) < 4.78 is 1.49. The predicted molar refractivity (Wildman–Crippen MR) is 77.0 cm³/mol. The second-order valence-corrected chi connectivity index (χ2v) is 4.42. The number of rotatable bonds is 3. The lowest BCUT2D eigenvalue weighted by Crippen LogP contribution is -2.19. The standard InChI is InChI=1S/C14H13N5O/c15-11-6-17-19(8-11)9-14(20)18-13-3-1-2-10-4-5-16-7-12(10)13/h1-8H,9,15H2,(H,18,20). The Morgan fingerprint density at radius 2 is 2.20 bits per heavy atom. The summed E-state index contributed by atoms with van der Waals surface area (Å²) in [5, 5.41) is 8.77. The minimum Gasteiger partial charge on any atom is -0.396 e. The average Bonchev–Trinajstić information content (AvgIpc) is 2.84. The van der Waals surface area contributed by atoms with Gasteiger partial charge in [-0.25, -0.2) is 0 Å². The lowest BCUT2D eigenvalue weighted by Gasteiger charge is -2.08. The van der Waals surface area contributed by atoms with Crippen molar-refractivity contribution in [2.75, 3.05) is 11.1 Å². The first-order valence-electron chi connectivity index (χ1n) is 6.13. The number of hydrogen-bond donors (Lipinski definition) is 2. The van der Waals surface area contributed by atoms with Gasteiger partial charge in [-0.15, -0.1) is 0 Å². The van der Waals surface area contributed by atoms with Crippen LogP contribution in [0, 0.1) is 0 Å². The van der Waals surface area contributed by atoms with Crippen LogP contribution in [0.5, 0.6) is 0 Å². The molecule has 0 aliphatic heterocycles. The largest absolute Gasteiger partial charge is 0.396 e. The first kappa shape index (κ1) is 12.2. The second kappa shape index (κ2) is 5.00. The van der Waals surface area contributed by atoms with Crippen molar-refractivity contribution in [3.63, 3.8) is 0 Å². The predicted octanol–water partition coefficient (Wildman–Crippen LogP) is 1.65. The van der Waals surface area contributed by atoms with E-state index in [4.69, 9.17) is 5.73 Å². The number of pyridine rings is 1. The van der Waals surface area contributed by atoms with Crippen molar-refractivity contribution in [3.8, 4) is 0 Å². The minimum absolute atomic E-state index is 0.119. The highest BCUT2D eigenvalue weighted by Crippen LogP contribution is 2.21. The SMILES string of the molecule is Nc1cnn(CC(=O)Nc2cccc3ccncc23)c1. The number of amides is 1. The van der Waals surface area contributed by atoms with E-state index in [1.165, 1.54) is 10.9 Å². The molecule has 0 bridgehead atoms. The van der Waals surface area contributed by atoms with Crippen LogP contribution in [-0.2, 0) is 11.3 Å². The molecule has 3 rings (SSSR count). The number of nitrogen functional groups attached to an aromatic ring is 1. The zero-order valence-corrected chi connectivity index (χ0v) is 10.7. The number of carbonyl (C=O) groups excluding carboxylic acids is 1. The summed E-state index contributed by atoms with van der Waals surface area (Å²) >= 11 is 0. The third kappa shape index (κ3) is 2.44. The van der Waals surface area contributed by atoms with Crippen LogP contribution in [0.25, 0.3) is 10.8 Å². The maximum atomic E-state index is 12.0. The van der Waals surface area contributed by atoms with Crippen molar-refractivity contribution in [3.05, 3.63) is 49.1 Å². The van der Waals surface area contributed by atoms with Crippen LogP contribution < -0.4 is 11.1 Å². The Balaban J connectivity index is 1.81. The van der Waals surface area contributed by atoms with Crippen LogP contribution in [0.4, 0.5) is 11.4 Å². The first-order valence-corrected chi connectivity index (χ1v) is 6.13.